The molecule has 0 spiro atoms. The van der Waals surface area contributed by atoms with Crippen LogP contribution in [0.3, 0.4) is 0 Å². The molecule has 17 heavy (non-hydrogen) atoms. The number of methoxy groups -OCH3 is 1. The summed E-state index contributed by atoms with van der Waals surface area (Å²) in [5, 5.41) is 19.9. The molecule has 0 aromatic carbocycles. The van der Waals surface area contributed by atoms with Crippen LogP contribution >= 0.6 is 0 Å². The summed E-state index contributed by atoms with van der Waals surface area (Å²) >= 11 is 0. The van der Waals surface area contributed by atoms with Crippen LogP contribution in [0.4, 0.5) is 14.5 Å². The molecule has 0 atom stereocenters. The Kier molecular flexibility index (Phi) is 3.51. The molecule has 1 heterocycles. The van der Waals surface area contributed by atoms with E-state index in [-0.39, 0.29) is 0 Å². The van der Waals surface area contributed by atoms with E-state index >= 15 is 0 Å². The van der Waals surface area contributed by atoms with Crippen LogP contribution in [0, 0.1) is 10.1 Å². The van der Waals surface area contributed by atoms with Crippen LogP contribution < -0.4 is 0 Å². The van der Waals surface area contributed by atoms with Crippen molar-refractivity contribution in [3.8, 4) is 5.75 Å². The molecular weight excluding hydrogens is 242 g/mol. The number of aromatic nitrogens is 1. The lowest BCUT2D eigenvalue weighted by Gasteiger charge is -2.06. The van der Waals surface area contributed by atoms with Gasteiger partial charge in [0.2, 0.25) is 0 Å². The van der Waals surface area contributed by atoms with Gasteiger partial charge >= 0.3 is 11.7 Å². The van der Waals surface area contributed by atoms with Gasteiger partial charge in [-0.25, -0.2) is 18.6 Å². The zero-order chi connectivity index (χ0) is 13.2. The maximum Gasteiger partial charge on any atom is 0.348 e. The monoisotopic (exact) mass is 248 g/mol. The highest BCUT2D eigenvalue weighted by atomic mass is 19.3. The van der Waals surface area contributed by atoms with Crippen LogP contribution in [0.2, 0.25) is 0 Å². The predicted octanol–water partition coefficient (Wildman–Crippen LogP) is 1.42. The number of carbonyl (C=O) groups is 1. The lowest BCUT2D eigenvalue weighted by molar-refractivity contribution is -0.387. The van der Waals surface area contributed by atoms with Crippen molar-refractivity contribution in [1.29, 1.82) is 0 Å². The fourth-order valence-corrected chi connectivity index (χ4v) is 1.15. The van der Waals surface area contributed by atoms with Gasteiger partial charge in [-0.2, -0.15) is 0 Å². The van der Waals surface area contributed by atoms with Gasteiger partial charge in [0.25, 0.3) is 6.43 Å². The second-order valence-corrected chi connectivity index (χ2v) is 2.80. The van der Waals surface area contributed by atoms with Gasteiger partial charge in [0.1, 0.15) is 0 Å². The van der Waals surface area contributed by atoms with Gasteiger partial charge in [0, 0.05) is 0 Å². The average molecular weight is 248 g/mol. The predicted molar refractivity (Wildman–Crippen MR) is 48.9 cm³/mol. The third-order valence-corrected chi connectivity index (χ3v) is 1.84. The molecule has 1 aromatic rings. The molecule has 0 fully saturated rings. The number of hydrogen-bond donors (Lipinski definition) is 1. The van der Waals surface area contributed by atoms with Crippen molar-refractivity contribution < 1.29 is 28.3 Å². The Bertz CT molecular complexity index is 477. The third kappa shape index (κ3) is 2.27. The minimum Gasteiger partial charge on any atom is -0.505 e. The van der Waals surface area contributed by atoms with Gasteiger partial charge in [0.05, 0.1) is 18.2 Å². The number of alkyl halides is 2. The van der Waals surface area contributed by atoms with E-state index in [2.05, 4.69) is 9.72 Å². The third-order valence-electron chi connectivity index (χ3n) is 1.84. The van der Waals surface area contributed by atoms with Crippen molar-refractivity contribution in [2.45, 2.75) is 6.43 Å². The molecule has 0 aliphatic carbocycles. The van der Waals surface area contributed by atoms with Crippen molar-refractivity contribution in [1.82, 2.24) is 4.98 Å². The summed E-state index contributed by atoms with van der Waals surface area (Å²) in [6.45, 7) is 0. The Morgan fingerprint density at radius 1 is 1.65 bits per heavy atom. The summed E-state index contributed by atoms with van der Waals surface area (Å²) in [5.74, 6) is -2.19. The van der Waals surface area contributed by atoms with Crippen LogP contribution in [0.1, 0.15) is 22.5 Å². The summed E-state index contributed by atoms with van der Waals surface area (Å²) in [5.41, 5.74) is -3.40. The zero-order valence-corrected chi connectivity index (χ0v) is 8.39. The largest absolute Gasteiger partial charge is 0.505 e. The standard InChI is InChI=1S/C8H6F2N2O5/c1-17-8(14)4-3(13)2-11-5(7(9)10)6(4)12(15)16/h2,7,13H,1H3. The second kappa shape index (κ2) is 4.68. The summed E-state index contributed by atoms with van der Waals surface area (Å²) in [6.07, 6.45) is -2.72. The van der Waals surface area contributed by atoms with Gasteiger partial charge in [0.15, 0.2) is 17.0 Å². The van der Waals surface area contributed by atoms with Crippen molar-refractivity contribution in [3.63, 3.8) is 0 Å². The van der Waals surface area contributed by atoms with E-state index in [1.807, 2.05) is 0 Å². The lowest BCUT2D eigenvalue weighted by atomic mass is 10.1. The maximum absolute atomic E-state index is 12.5. The first-order valence-corrected chi connectivity index (χ1v) is 4.12. The normalized spacial score (nSPS) is 10.4. The molecule has 0 aliphatic heterocycles. The molecular formula is C8H6F2N2O5. The zero-order valence-electron chi connectivity index (χ0n) is 8.39. The number of rotatable bonds is 3. The smallest absolute Gasteiger partial charge is 0.348 e. The Hall–Kier alpha value is -2.32. The number of nitrogens with zero attached hydrogens (tertiary/aromatic N) is 2. The average Bonchev–Trinajstić information content (AvgIpc) is 2.26. The van der Waals surface area contributed by atoms with Crippen LogP contribution in [-0.2, 0) is 4.74 Å². The Morgan fingerprint density at radius 3 is 2.65 bits per heavy atom. The lowest BCUT2D eigenvalue weighted by Crippen LogP contribution is -2.10. The number of nitro groups is 1. The van der Waals surface area contributed by atoms with Gasteiger partial charge < -0.3 is 9.84 Å². The fourth-order valence-electron chi connectivity index (χ4n) is 1.15. The summed E-state index contributed by atoms with van der Waals surface area (Å²) < 4.78 is 29.1. The molecule has 0 saturated carbocycles. The maximum atomic E-state index is 12.5. The number of pyridine rings is 1. The molecule has 9 heteroatoms. The molecule has 92 valence electrons. The first-order chi connectivity index (χ1) is 7.90. The molecule has 0 amide bonds. The first-order valence-electron chi connectivity index (χ1n) is 4.12. The Labute approximate surface area is 92.8 Å². The van der Waals surface area contributed by atoms with Crippen LogP contribution in [-0.4, -0.2) is 28.1 Å². The highest BCUT2D eigenvalue weighted by molar-refractivity contribution is 5.97. The number of halogens is 2. The Morgan fingerprint density at radius 2 is 2.24 bits per heavy atom. The summed E-state index contributed by atoms with van der Waals surface area (Å²) in [6, 6.07) is 0. The van der Waals surface area contributed by atoms with Crippen LogP contribution in [0.5, 0.6) is 5.75 Å². The summed E-state index contributed by atoms with van der Waals surface area (Å²) in [7, 11) is 0.897. The second-order valence-electron chi connectivity index (χ2n) is 2.80. The van der Waals surface area contributed by atoms with Gasteiger partial charge in [-0.05, 0) is 0 Å². The van der Waals surface area contributed by atoms with Crippen LogP contribution in [0.15, 0.2) is 6.20 Å². The Balaban J connectivity index is 3.60. The highest BCUT2D eigenvalue weighted by Gasteiger charge is 2.34. The van der Waals surface area contributed by atoms with Crippen molar-refractivity contribution in [2.75, 3.05) is 7.11 Å². The topological polar surface area (TPSA) is 103 Å². The number of carbonyl (C=O) groups excluding carboxylic acids is 1. The minimum absolute atomic E-state index is 0.529. The molecule has 0 bridgehead atoms. The number of aromatic hydroxyl groups is 1. The molecule has 1 rings (SSSR count). The fraction of sp³-hybridized carbons (Fsp3) is 0.250. The van der Waals surface area contributed by atoms with Crippen molar-refractivity contribution in [3.05, 3.63) is 27.6 Å². The SMILES string of the molecule is COC(=O)c1c(O)cnc(C(F)F)c1[N+](=O)[O-]. The van der Waals surface area contributed by atoms with Gasteiger partial charge in [-0.3, -0.25) is 10.1 Å². The van der Waals surface area contributed by atoms with E-state index in [4.69, 9.17) is 0 Å². The number of esters is 1. The summed E-state index contributed by atoms with van der Waals surface area (Å²) in [4.78, 5) is 23.6. The molecule has 0 unspecified atom stereocenters. The van der Waals surface area contributed by atoms with Crippen LogP contribution in [0.25, 0.3) is 0 Å². The van der Waals surface area contributed by atoms with Crippen molar-refractivity contribution in [2.24, 2.45) is 0 Å². The van der Waals surface area contributed by atoms with E-state index in [1.165, 1.54) is 0 Å². The van der Waals surface area contributed by atoms with E-state index in [1.54, 1.807) is 0 Å². The molecule has 0 radical (unpaired) electrons. The van der Waals surface area contributed by atoms with E-state index < -0.39 is 40.0 Å². The molecule has 1 N–H and O–H groups in total. The molecule has 0 saturated heterocycles. The highest BCUT2D eigenvalue weighted by Crippen LogP contribution is 2.34. The minimum atomic E-state index is -3.25. The number of ether oxygens (including phenoxy) is 1. The number of hydrogen-bond acceptors (Lipinski definition) is 6. The van der Waals surface area contributed by atoms with E-state index in [9.17, 15) is 28.8 Å². The van der Waals surface area contributed by atoms with E-state index in [0.717, 1.165) is 7.11 Å². The van der Waals surface area contributed by atoms with Gasteiger partial charge in [-0.15, -0.1) is 0 Å². The molecule has 1 aromatic heterocycles. The van der Waals surface area contributed by atoms with Crippen molar-refractivity contribution >= 4 is 11.7 Å². The van der Waals surface area contributed by atoms with Gasteiger partial charge in [-0.1, -0.05) is 0 Å². The van der Waals surface area contributed by atoms with E-state index in [0.29, 0.717) is 6.20 Å². The first kappa shape index (κ1) is 12.7. The molecule has 7 nitrogen and oxygen atoms in total. The quantitative estimate of drug-likeness (QED) is 0.493. The molecule has 0 aliphatic rings.